The monoisotopic (exact) mass is 312 g/mol. The molecular weight excluding hydrogens is 292 g/mol. The van der Waals surface area contributed by atoms with Crippen molar-refractivity contribution in [1.29, 1.82) is 0 Å². The lowest BCUT2D eigenvalue weighted by Gasteiger charge is -2.10. The molecule has 1 amide bonds. The van der Waals surface area contributed by atoms with E-state index in [-0.39, 0.29) is 12.0 Å². The summed E-state index contributed by atoms with van der Waals surface area (Å²) in [6, 6.07) is 10.9. The lowest BCUT2D eigenvalue weighted by atomic mass is 10.1. The summed E-state index contributed by atoms with van der Waals surface area (Å²) in [5.74, 6) is 1.39. The minimum absolute atomic E-state index is 0.00145. The number of hydrogen-bond acceptors (Lipinski definition) is 4. The number of carbonyl (C=O) groups excluding carboxylic acids is 1. The van der Waals surface area contributed by atoms with Gasteiger partial charge in [0, 0.05) is 37.2 Å². The average Bonchev–Trinajstić information content (AvgIpc) is 3.08. The highest BCUT2D eigenvalue weighted by Crippen LogP contribution is 2.24. The van der Waals surface area contributed by atoms with Gasteiger partial charge < -0.3 is 14.8 Å². The van der Waals surface area contributed by atoms with E-state index in [1.807, 2.05) is 24.3 Å². The van der Waals surface area contributed by atoms with Crippen molar-refractivity contribution in [3.8, 4) is 11.5 Å². The zero-order chi connectivity index (χ0) is 15.9. The number of rotatable bonds is 6. The number of amides is 1. The SMILES string of the molecule is O=C(CC[C@H]1CCCO1)Nc1cccc(Oc2ccncc2)c1. The number of nitrogens with one attached hydrogen (secondary N) is 1. The van der Waals surface area contributed by atoms with Crippen LogP contribution < -0.4 is 10.1 Å². The summed E-state index contributed by atoms with van der Waals surface area (Å²) in [7, 11) is 0. The number of anilines is 1. The van der Waals surface area contributed by atoms with E-state index in [1.54, 1.807) is 24.5 Å². The average molecular weight is 312 g/mol. The first-order chi connectivity index (χ1) is 11.3. The van der Waals surface area contributed by atoms with E-state index in [2.05, 4.69) is 10.3 Å². The first-order valence-corrected chi connectivity index (χ1v) is 7.89. The molecule has 0 saturated carbocycles. The van der Waals surface area contributed by atoms with Crippen LogP contribution in [0.4, 0.5) is 5.69 Å². The van der Waals surface area contributed by atoms with Crippen molar-refractivity contribution >= 4 is 11.6 Å². The van der Waals surface area contributed by atoms with Gasteiger partial charge in [-0.05, 0) is 43.5 Å². The second-order valence-corrected chi connectivity index (χ2v) is 5.53. The first kappa shape index (κ1) is 15.5. The maximum absolute atomic E-state index is 12.0. The second-order valence-electron chi connectivity index (χ2n) is 5.53. The third-order valence-corrected chi connectivity index (χ3v) is 3.72. The van der Waals surface area contributed by atoms with Crippen LogP contribution in [-0.4, -0.2) is 23.6 Å². The molecule has 1 N–H and O–H groups in total. The van der Waals surface area contributed by atoms with Gasteiger partial charge in [0.05, 0.1) is 6.10 Å². The van der Waals surface area contributed by atoms with Gasteiger partial charge in [-0.1, -0.05) is 6.07 Å². The van der Waals surface area contributed by atoms with Crippen LogP contribution in [0.5, 0.6) is 11.5 Å². The Bertz CT molecular complexity index is 640. The van der Waals surface area contributed by atoms with Crippen LogP contribution in [0.25, 0.3) is 0 Å². The summed E-state index contributed by atoms with van der Waals surface area (Å²) in [6.45, 7) is 0.820. The van der Waals surface area contributed by atoms with Crippen molar-refractivity contribution in [3.63, 3.8) is 0 Å². The van der Waals surface area contributed by atoms with E-state index in [4.69, 9.17) is 9.47 Å². The maximum Gasteiger partial charge on any atom is 0.224 e. The van der Waals surface area contributed by atoms with Crippen molar-refractivity contribution in [3.05, 3.63) is 48.8 Å². The summed E-state index contributed by atoms with van der Waals surface area (Å²) in [4.78, 5) is 16.0. The molecule has 3 rings (SSSR count). The molecule has 1 aliphatic heterocycles. The maximum atomic E-state index is 12.0. The van der Waals surface area contributed by atoms with Gasteiger partial charge in [-0.2, -0.15) is 0 Å². The fourth-order valence-corrected chi connectivity index (χ4v) is 2.57. The Labute approximate surface area is 135 Å². The second kappa shape index (κ2) is 7.74. The van der Waals surface area contributed by atoms with Crippen molar-refractivity contribution in [2.24, 2.45) is 0 Å². The molecule has 120 valence electrons. The molecule has 0 unspecified atom stereocenters. The number of ether oxygens (including phenoxy) is 2. The first-order valence-electron chi connectivity index (χ1n) is 7.89. The molecule has 1 aromatic carbocycles. The third-order valence-electron chi connectivity index (χ3n) is 3.72. The third kappa shape index (κ3) is 4.79. The van der Waals surface area contributed by atoms with E-state index in [9.17, 15) is 4.79 Å². The summed E-state index contributed by atoms with van der Waals surface area (Å²) >= 11 is 0. The Morgan fingerprint density at radius 1 is 1.26 bits per heavy atom. The molecule has 5 nitrogen and oxygen atoms in total. The smallest absolute Gasteiger partial charge is 0.224 e. The number of aromatic nitrogens is 1. The molecule has 1 aliphatic rings. The molecule has 0 aliphatic carbocycles. The van der Waals surface area contributed by atoms with Crippen LogP contribution in [0.2, 0.25) is 0 Å². The molecule has 0 radical (unpaired) electrons. The van der Waals surface area contributed by atoms with E-state index in [0.29, 0.717) is 17.9 Å². The Balaban J connectivity index is 1.53. The summed E-state index contributed by atoms with van der Waals surface area (Å²) in [5.41, 5.74) is 0.730. The molecule has 1 fully saturated rings. The van der Waals surface area contributed by atoms with Crippen LogP contribution in [0.3, 0.4) is 0 Å². The number of pyridine rings is 1. The molecule has 2 heterocycles. The van der Waals surface area contributed by atoms with Gasteiger partial charge in [-0.25, -0.2) is 0 Å². The highest BCUT2D eigenvalue weighted by Gasteiger charge is 2.16. The predicted molar refractivity (Wildman–Crippen MR) is 87.6 cm³/mol. The zero-order valence-electron chi connectivity index (χ0n) is 12.9. The Morgan fingerprint density at radius 3 is 2.91 bits per heavy atom. The lowest BCUT2D eigenvalue weighted by molar-refractivity contribution is -0.116. The van der Waals surface area contributed by atoms with Crippen LogP contribution in [0.15, 0.2) is 48.8 Å². The number of nitrogens with zero attached hydrogens (tertiary/aromatic N) is 1. The van der Waals surface area contributed by atoms with Crippen molar-refractivity contribution in [1.82, 2.24) is 4.98 Å². The summed E-state index contributed by atoms with van der Waals surface area (Å²) in [5, 5.41) is 2.91. The molecular formula is C18H20N2O3. The quantitative estimate of drug-likeness (QED) is 0.882. The van der Waals surface area contributed by atoms with Crippen LogP contribution in [0.1, 0.15) is 25.7 Å². The van der Waals surface area contributed by atoms with Gasteiger partial charge in [0.1, 0.15) is 11.5 Å². The van der Waals surface area contributed by atoms with E-state index in [0.717, 1.165) is 31.6 Å². The van der Waals surface area contributed by atoms with Gasteiger partial charge in [0.15, 0.2) is 0 Å². The highest BCUT2D eigenvalue weighted by molar-refractivity contribution is 5.90. The largest absolute Gasteiger partial charge is 0.457 e. The highest BCUT2D eigenvalue weighted by atomic mass is 16.5. The van der Waals surface area contributed by atoms with Crippen molar-refractivity contribution in [2.45, 2.75) is 31.8 Å². The van der Waals surface area contributed by atoms with Gasteiger partial charge >= 0.3 is 0 Å². The molecule has 0 bridgehead atoms. The molecule has 0 spiro atoms. The normalized spacial score (nSPS) is 17.0. The fourth-order valence-electron chi connectivity index (χ4n) is 2.57. The molecule has 23 heavy (non-hydrogen) atoms. The summed E-state index contributed by atoms with van der Waals surface area (Å²) < 4.78 is 11.3. The summed E-state index contributed by atoms with van der Waals surface area (Å²) in [6.07, 6.45) is 6.99. The number of carbonyl (C=O) groups is 1. The van der Waals surface area contributed by atoms with E-state index >= 15 is 0 Å². The Morgan fingerprint density at radius 2 is 2.13 bits per heavy atom. The topological polar surface area (TPSA) is 60.5 Å². The van der Waals surface area contributed by atoms with Crippen LogP contribution >= 0.6 is 0 Å². The fraction of sp³-hybridized carbons (Fsp3) is 0.333. The van der Waals surface area contributed by atoms with Gasteiger partial charge in [-0.15, -0.1) is 0 Å². The van der Waals surface area contributed by atoms with Crippen molar-refractivity contribution < 1.29 is 14.3 Å². The molecule has 2 aromatic rings. The minimum Gasteiger partial charge on any atom is -0.457 e. The van der Waals surface area contributed by atoms with Gasteiger partial charge in [0.2, 0.25) is 5.91 Å². The van der Waals surface area contributed by atoms with E-state index in [1.165, 1.54) is 0 Å². The molecule has 5 heteroatoms. The molecule has 1 atom stereocenters. The Hall–Kier alpha value is -2.40. The van der Waals surface area contributed by atoms with Crippen LogP contribution in [0, 0.1) is 0 Å². The minimum atomic E-state index is 0.00145. The van der Waals surface area contributed by atoms with Gasteiger partial charge in [-0.3, -0.25) is 9.78 Å². The molecule has 1 aromatic heterocycles. The standard InChI is InChI=1S/C18H20N2O3/c21-18(7-6-15-5-2-12-22-15)20-14-3-1-4-17(13-14)23-16-8-10-19-11-9-16/h1,3-4,8-11,13,15H,2,5-7,12H2,(H,20,21)/t15-/m1/s1. The van der Waals surface area contributed by atoms with Gasteiger partial charge in [0.25, 0.3) is 0 Å². The predicted octanol–water partition coefficient (Wildman–Crippen LogP) is 3.77. The number of hydrogen-bond donors (Lipinski definition) is 1. The number of benzene rings is 1. The zero-order valence-corrected chi connectivity index (χ0v) is 12.9. The lowest BCUT2D eigenvalue weighted by Crippen LogP contribution is -2.15. The molecule has 1 saturated heterocycles. The van der Waals surface area contributed by atoms with Crippen LogP contribution in [-0.2, 0) is 9.53 Å². The van der Waals surface area contributed by atoms with Crippen molar-refractivity contribution in [2.75, 3.05) is 11.9 Å². The van der Waals surface area contributed by atoms with E-state index < -0.39 is 0 Å². The Kier molecular flexibility index (Phi) is 5.21.